The highest BCUT2D eigenvalue weighted by molar-refractivity contribution is 5.79. The number of hydrogen-bond acceptors (Lipinski definition) is 3. The largest absolute Gasteiger partial charge is 0.373 e. The predicted molar refractivity (Wildman–Crippen MR) is 85.2 cm³/mol. The van der Waals surface area contributed by atoms with Crippen LogP contribution in [0.2, 0.25) is 0 Å². The van der Waals surface area contributed by atoms with Gasteiger partial charge in [-0.3, -0.25) is 9.69 Å². The molecule has 3 atom stereocenters. The maximum atomic E-state index is 12.3. The molecule has 1 N–H and O–H groups in total. The van der Waals surface area contributed by atoms with Crippen molar-refractivity contribution >= 4 is 5.91 Å². The molecule has 0 radical (unpaired) electrons. The average molecular weight is 294 g/mol. The molecule has 4 heteroatoms. The quantitative estimate of drug-likeness (QED) is 0.809. The molecule has 21 heavy (non-hydrogen) atoms. The van der Waals surface area contributed by atoms with Gasteiger partial charge in [0.1, 0.15) is 0 Å². The van der Waals surface area contributed by atoms with Crippen molar-refractivity contribution in [3.05, 3.63) is 12.2 Å². The molecule has 4 nitrogen and oxygen atoms in total. The summed E-state index contributed by atoms with van der Waals surface area (Å²) >= 11 is 0. The highest BCUT2D eigenvalue weighted by Gasteiger charge is 2.33. The molecule has 1 saturated heterocycles. The Hall–Kier alpha value is -0.870. The summed E-state index contributed by atoms with van der Waals surface area (Å²) in [7, 11) is 0. The van der Waals surface area contributed by atoms with E-state index in [9.17, 15) is 4.79 Å². The second-order valence-corrected chi connectivity index (χ2v) is 7.17. The van der Waals surface area contributed by atoms with E-state index in [2.05, 4.69) is 50.1 Å². The molecule has 0 aromatic heterocycles. The minimum Gasteiger partial charge on any atom is -0.373 e. The van der Waals surface area contributed by atoms with Crippen molar-refractivity contribution in [1.82, 2.24) is 10.2 Å². The Bertz CT molecular complexity index is 382. The lowest BCUT2D eigenvalue weighted by atomic mass is 9.93. The fourth-order valence-electron chi connectivity index (χ4n) is 3.26. The van der Waals surface area contributed by atoms with Gasteiger partial charge in [0.2, 0.25) is 5.91 Å². The van der Waals surface area contributed by atoms with Crippen LogP contribution in [0.4, 0.5) is 0 Å². The Morgan fingerprint density at radius 1 is 1.29 bits per heavy atom. The highest BCUT2D eigenvalue weighted by atomic mass is 16.5. The van der Waals surface area contributed by atoms with Gasteiger partial charge in [-0.05, 0) is 47.0 Å². The minimum atomic E-state index is -0.0353. The van der Waals surface area contributed by atoms with E-state index in [-0.39, 0.29) is 29.6 Å². The molecular weight excluding hydrogens is 264 g/mol. The average Bonchev–Trinajstić information content (AvgIpc) is 2.45. The van der Waals surface area contributed by atoms with Gasteiger partial charge in [-0.1, -0.05) is 12.2 Å². The third-order valence-electron chi connectivity index (χ3n) is 4.61. The van der Waals surface area contributed by atoms with Crippen LogP contribution in [0.5, 0.6) is 0 Å². The molecule has 120 valence electrons. The number of allylic oxidation sites excluding steroid dienone is 2. The normalized spacial score (nSPS) is 31.1. The predicted octanol–water partition coefficient (Wildman–Crippen LogP) is 2.35. The van der Waals surface area contributed by atoms with E-state index in [1.165, 1.54) is 0 Å². The number of carbonyl (C=O) groups excluding carboxylic acids is 1. The van der Waals surface area contributed by atoms with Crippen LogP contribution in [-0.2, 0) is 9.53 Å². The molecular formula is C17H30N2O2. The van der Waals surface area contributed by atoms with E-state index in [0.29, 0.717) is 6.54 Å². The number of nitrogens with one attached hydrogen (secondary N) is 1. The molecule has 0 bridgehead atoms. The molecule has 1 aliphatic carbocycles. The van der Waals surface area contributed by atoms with Gasteiger partial charge in [-0.15, -0.1) is 0 Å². The van der Waals surface area contributed by atoms with Gasteiger partial charge in [-0.2, -0.15) is 0 Å². The molecule has 0 spiro atoms. The second kappa shape index (κ2) is 6.93. The van der Waals surface area contributed by atoms with E-state index >= 15 is 0 Å². The van der Waals surface area contributed by atoms with Crippen molar-refractivity contribution in [2.45, 2.75) is 64.7 Å². The third kappa shape index (κ3) is 4.55. The fourth-order valence-corrected chi connectivity index (χ4v) is 3.26. The van der Waals surface area contributed by atoms with E-state index in [0.717, 1.165) is 32.4 Å². The van der Waals surface area contributed by atoms with E-state index < -0.39 is 0 Å². The monoisotopic (exact) mass is 294 g/mol. The van der Waals surface area contributed by atoms with Crippen LogP contribution in [0.1, 0.15) is 47.0 Å². The molecule has 0 aromatic rings. The molecule has 1 heterocycles. The van der Waals surface area contributed by atoms with Crippen LogP contribution in [0, 0.1) is 5.92 Å². The van der Waals surface area contributed by atoms with E-state index in [4.69, 9.17) is 4.74 Å². The van der Waals surface area contributed by atoms with Crippen molar-refractivity contribution in [1.29, 1.82) is 0 Å². The first-order valence-electron chi connectivity index (χ1n) is 8.21. The SMILES string of the molecule is C[C@@H]1CN(C(C)(C)CNC(=O)[C@@H]2CC=CCC2)C[C@H](C)O1. The smallest absolute Gasteiger partial charge is 0.223 e. The summed E-state index contributed by atoms with van der Waals surface area (Å²) in [5.41, 5.74) is -0.0353. The Labute approximate surface area is 128 Å². The van der Waals surface area contributed by atoms with Crippen molar-refractivity contribution in [2.75, 3.05) is 19.6 Å². The number of nitrogens with zero attached hydrogens (tertiary/aromatic N) is 1. The zero-order valence-corrected chi connectivity index (χ0v) is 13.9. The van der Waals surface area contributed by atoms with Crippen molar-refractivity contribution < 1.29 is 9.53 Å². The standard InChI is InChI=1S/C17H30N2O2/c1-13-10-19(11-14(2)21-13)17(3,4)12-18-16(20)15-8-6-5-7-9-15/h5-6,13-15H,7-12H2,1-4H3,(H,18,20)/t13-,14+,15-/m1/s1. The van der Waals surface area contributed by atoms with Gasteiger partial charge >= 0.3 is 0 Å². The minimum absolute atomic E-state index is 0.0353. The second-order valence-electron chi connectivity index (χ2n) is 7.17. The van der Waals surface area contributed by atoms with Crippen LogP contribution < -0.4 is 5.32 Å². The van der Waals surface area contributed by atoms with Gasteiger partial charge in [0.15, 0.2) is 0 Å². The zero-order chi connectivity index (χ0) is 15.5. The summed E-state index contributed by atoms with van der Waals surface area (Å²) in [6.07, 6.45) is 7.71. The molecule has 0 aromatic carbocycles. The third-order valence-corrected chi connectivity index (χ3v) is 4.61. The van der Waals surface area contributed by atoms with Crippen LogP contribution in [0.25, 0.3) is 0 Å². The Morgan fingerprint density at radius 3 is 2.52 bits per heavy atom. The Morgan fingerprint density at radius 2 is 1.95 bits per heavy atom. The van der Waals surface area contributed by atoms with E-state index in [1.54, 1.807) is 0 Å². The molecule has 2 rings (SSSR count). The molecule has 1 amide bonds. The number of carbonyl (C=O) groups is 1. The van der Waals surface area contributed by atoms with Gasteiger partial charge in [0.05, 0.1) is 12.2 Å². The van der Waals surface area contributed by atoms with Crippen LogP contribution >= 0.6 is 0 Å². The summed E-state index contributed by atoms with van der Waals surface area (Å²) in [6.45, 7) is 11.2. The molecule has 0 saturated carbocycles. The number of ether oxygens (including phenoxy) is 1. The molecule has 1 fully saturated rings. The van der Waals surface area contributed by atoms with Crippen molar-refractivity contribution in [3.63, 3.8) is 0 Å². The maximum absolute atomic E-state index is 12.3. The van der Waals surface area contributed by atoms with Gasteiger partial charge in [-0.25, -0.2) is 0 Å². The molecule has 2 aliphatic rings. The number of amides is 1. The lowest BCUT2D eigenvalue weighted by molar-refractivity contribution is -0.126. The summed E-state index contributed by atoms with van der Waals surface area (Å²) in [6, 6.07) is 0. The summed E-state index contributed by atoms with van der Waals surface area (Å²) < 4.78 is 5.80. The fraction of sp³-hybridized carbons (Fsp3) is 0.824. The molecule has 0 unspecified atom stereocenters. The topological polar surface area (TPSA) is 41.6 Å². The van der Waals surface area contributed by atoms with Crippen molar-refractivity contribution in [2.24, 2.45) is 5.92 Å². The Balaban J connectivity index is 1.85. The summed E-state index contributed by atoms with van der Waals surface area (Å²) in [4.78, 5) is 14.7. The Kier molecular flexibility index (Phi) is 5.44. The van der Waals surface area contributed by atoms with Crippen LogP contribution in [0.15, 0.2) is 12.2 Å². The number of morpholine rings is 1. The van der Waals surface area contributed by atoms with E-state index in [1.807, 2.05) is 0 Å². The van der Waals surface area contributed by atoms with Crippen molar-refractivity contribution in [3.8, 4) is 0 Å². The van der Waals surface area contributed by atoms with Gasteiger partial charge in [0, 0.05) is 31.1 Å². The zero-order valence-electron chi connectivity index (χ0n) is 13.9. The van der Waals surface area contributed by atoms with Crippen LogP contribution in [-0.4, -0.2) is 48.2 Å². The van der Waals surface area contributed by atoms with Gasteiger partial charge < -0.3 is 10.1 Å². The summed E-state index contributed by atoms with van der Waals surface area (Å²) in [5.74, 6) is 0.370. The first-order valence-corrected chi connectivity index (χ1v) is 8.21. The lowest BCUT2D eigenvalue weighted by Gasteiger charge is -2.45. The number of hydrogen-bond donors (Lipinski definition) is 1. The first-order chi connectivity index (χ1) is 9.88. The van der Waals surface area contributed by atoms with Crippen LogP contribution in [0.3, 0.4) is 0 Å². The maximum Gasteiger partial charge on any atom is 0.223 e. The lowest BCUT2D eigenvalue weighted by Crippen LogP contribution is -2.59. The highest BCUT2D eigenvalue weighted by Crippen LogP contribution is 2.22. The molecule has 1 aliphatic heterocycles. The van der Waals surface area contributed by atoms with Gasteiger partial charge in [0.25, 0.3) is 0 Å². The first kappa shape index (κ1) is 16.5. The number of rotatable bonds is 4. The summed E-state index contributed by atoms with van der Waals surface area (Å²) in [5, 5.41) is 3.16.